The van der Waals surface area contributed by atoms with Gasteiger partial charge in [-0.2, -0.15) is 0 Å². The van der Waals surface area contributed by atoms with Gasteiger partial charge in [0.25, 0.3) is 0 Å². The second-order valence-electron chi connectivity index (χ2n) is 12.9. The third-order valence-corrected chi connectivity index (χ3v) is 10.2. The van der Waals surface area contributed by atoms with Gasteiger partial charge < -0.3 is 4.90 Å². The van der Waals surface area contributed by atoms with Crippen LogP contribution >= 0.6 is 0 Å². The minimum Gasteiger partial charge on any atom is -0.309 e. The molecule has 0 unspecified atom stereocenters. The van der Waals surface area contributed by atoms with Crippen LogP contribution < -0.4 is 4.90 Å². The molecule has 0 amide bonds. The zero-order chi connectivity index (χ0) is 32.3. The Morgan fingerprint density at radius 3 is 1.37 bits per heavy atom. The molecular weight excluding hydrogens is 591 g/mol. The lowest BCUT2D eigenvalue weighted by Crippen LogP contribution is -2.11. The van der Waals surface area contributed by atoms with E-state index in [1.807, 2.05) is 0 Å². The summed E-state index contributed by atoms with van der Waals surface area (Å²) in [6.45, 7) is 0. The van der Waals surface area contributed by atoms with Crippen molar-refractivity contribution in [2.24, 2.45) is 0 Å². The molecule has 49 heavy (non-hydrogen) atoms. The van der Waals surface area contributed by atoms with Gasteiger partial charge in [-0.3, -0.25) is 0 Å². The first-order valence-corrected chi connectivity index (χ1v) is 16.9. The summed E-state index contributed by atoms with van der Waals surface area (Å²) in [5.41, 5.74) is 13.6. The second-order valence-corrected chi connectivity index (χ2v) is 12.9. The van der Waals surface area contributed by atoms with Crippen LogP contribution in [0.25, 0.3) is 76.8 Å². The SMILES string of the molecule is c1ccc(-c2ccc(N(c3ccc(-c4ccccc4)cc3)c3c4ccccc4c4c5c(cccc35)-c3cc5ccccc5cc3-4)cc2)cc1. The van der Waals surface area contributed by atoms with Crippen molar-refractivity contribution in [2.45, 2.75) is 0 Å². The maximum atomic E-state index is 2.47. The molecule has 0 heterocycles. The molecule has 0 aliphatic heterocycles. The van der Waals surface area contributed by atoms with E-state index in [4.69, 9.17) is 0 Å². The van der Waals surface area contributed by atoms with E-state index in [0.717, 1.165) is 11.4 Å². The molecule has 1 aliphatic rings. The third-order valence-electron chi connectivity index (χ3n) is 10.2. The fourth-order valence-corrected chi connectivity index (χ4v) is 7.90. The molecule has 0 saturated heterocycles. The first-order valence-electron chi connectivity index (χ1n) is 16.9. The predicted octanol–water partition coefficient (Wildman–Crippen LogP) is 13.6. The van der Waals surface area contributed by atoms with Crippen molar-refractivity contribution in [2.75, 3.05) is 4.90 Å². The number of hydrogen-bond acceptors (Lipinski definition) is 1. The second kappa shape index (κ2) is 11.1. The van der Waals surface area contributed by atoms with Gasteiger partial charge in [0.2, 0.25) is 0 Å². The summed E-state index contributed by atoms with van der Waals surface area (Å²) in [5.74, 6) is 0. The van der Waals surface area contributed by atoms with Crippen LogP contribution in [-0.4, -0.2) is 0 Å². The zero-order valence-electron chi connectivity index (χ0n) is 26.8. The molecule has 9 aromatic rings. The highest BCUT2D eigenvalue weighted by atomic mass is 15.1. The standard InChI is InChI=1S/C48H31N/c1-3-12-32(13-4-1)34-22-26-38(27-23-34)49(39-28-24-35(25-29-39)33-14-5-2-6-15-33)48-42-19-10-9-18-40(42)47-45-31-37-17-8-7-16-36(37)30-44(45)41-20-11-21-43(48)46(41)47/h1-31H. The predicted molar refractivity (Wildman–Crippen MR) is 209 cm³/mol. The van der Waals surface area contributed by atoms with Crippen LogP contribution in [0.1, 0.15) is 0 Å². The monoisotopic (exact) mass is 621 g/mol. The molecule has 1 nitrogen and oxygen atoms in total. The Bertz CT molecular complexity index is 2590. The third kappa shape index (κ3) is 4.40. The van der Waals surface area contributed by atoms with Crippen LogP contribution in [0.15, 0.2) is 188 Å². The van der Waals surface area contributed by atoms with Gasteiger partial charge in [0.1, 0.15) is 0 Å². The van der Waals surface area contributed by atoms with Crippen molar-refractivity contribution in [3.63, 3.8) is 0 Å². The molecule has 0 aromatic heterocycles. The van der Waals surface area contributed by atoms with Crippen molar-refractivity contribution in [1.29, 1.82) is 0 Å². The molecule has 0 atom stereocenters. The number of fused-ring (bicyclic) bond motifs is 6. The van der Waals surface area contributed by atoms with Crippen LogP contribution in [0.2, 0.25) is 0 Å². The van der Waals surface area contributed by atoms with Crippen molar-refractivity contribution in [3.05, 3.63) is 188 Å². The van der Waals surface area contributed by atoms with Gasteiger partial charge in [0.05, 0.1) is 5.69 Å². The van der Waals surface area contributed by atoms with Crippen LogP contribution in [-0.2, 0) is 0 Å². The Morgan fingerprint density at radius 1 is 0.306 bits per heavy atom. The molecule has 9 aromatic carbocycles. The lowest BCUT2D eigenvalue weighted by atomic mass is 9.92. The van der Waals surface area contributed by atoms with Crippen molar-refractivity contribution in [3.8, 4) is 44.5 Å². The lowest BCUT2D eigenvalue weighted by molar-refractivity contribution is 1.31. The zero-order valence-corrected chi connectivity index (χ0v) is 26.8. The van der Waals surface area contributed by atoms with E-state index in [0.29, 0.717) is 0 Å². The fourth-order valence-electron chi connectivity index (χ4n) is 7.90. The number of nitrogens with zero attached hydrogens (tertiary/aromatic N) is 1. The summed E-state index contributed by atoms with van der Waals surface area (Å²) in [7, 11) is 0. The molecule has 1 aliphatic carbocycles. The first kappa shape index (κ1) is 27.7. The van der Waals surface area contributed by atoms with Crippen LogP contribution in [0.4, 0.5) is 17.1 Å². The van der Waals surface area contributed by atoms with Gasteiger partial charge in [-0.25, -0.2) is 0 Å². The molecular formula is C48H31N. The lowest BCUT2D eigenvalue weighted by Gasteiger charge is -2.29. The summed E-state index contributed by atoms with van der Waals surface area (Å²) in [6.07, 6.45) is 0. The van der Waals surface area contributed by atoms with Gasteiger partial charge in [0.15, 0.2) is 0 Å². The maximum absolute atomic E-state index is 2.47. The van der Waals surface area contributed by atoms with Gasteiger partial charge in [-0.05, 0) is 97.1 Å². The average Bonchev–Trinajstić information content (AvgIpc) is 3.50. The molecule has 1 heteroatoms. The minimum absolute atomic E-state index is 1.12. The summed E-state index contributed by atoms with van der Waals surface area (Å²) in [6, 6.07) is 68.7. The summed E-state index contributed by atoms with van der Waals surface area (Å²) in [5, 5.41) is 7.64. The maximum Gasteiger partial charge on any atom is 0.0619 e. The highest BCUT2D eigenvalue weighted by Gasteiger charge is 2.29. The quantitative estimate of drug-likeness (QED) is 0.173. The summed E-state index contributed by atoms with van der Waals surface area (Å²) in [4.78, 5) is 2.47. The van der Waals surface area contributed by atoms with Crippen molar-refractivity contribution < 1.29 is 0 Å². The molecule has 228 valence electrons. The molecule has 0 saturated carbocycles. The van der Waals surface area contributed by atoms with E-state index in [1.165, 1.54) is 82.5 Å². The molecule has 0 spiro atoms. The number of benzene rings is 9. The first-order chi connectivity index (χ1) is 24.3. The summed E-state index contributed by atoms with van der Waals surface area (Å²) < 4.78 is 0. The number of rotatable bonds is 5. The fraction of sp³-hybridized carbons (Fsp3) is 0. The van der Waals surface area contributed by atoms with E-state index in [-0.39, 0.29) is 0 Å². The van der Waals surface area contributed by atoms with Gasteiger partial charge in [-0.1, -0.05) is 152 Å². The van der Waals surface area contributed by atoms with E-state index >= 15 is 0 Å². The highest BCUT2D eigenvalue weighted by Crippen LogP contribution is 2.56. The van der Waals surface area contributed by atoms with Crippen LogP contribution in [0.5, 0.6) is 0 Å². The highest BCUT2D eigenvalue weighted by molar-refractivity contribution is 6.30. The van der Waals surface area contributed by atoms with E-state index in [9.17, 15) is 0 Å². The minimum atomic E-state index is 1.12. The smallest absolute Gasteiger partial charge is 0.0619 e. The Balaban J connectivity index is 1.25. The van der Waals surface area contributed by atoms with Gasteiger partial charge in [0, 0.05) is 27.5 Å². The molecule has 0 radical (unpaired) electrons. The van der Waals surface area contributed by atoms with Crippen LogP contribution in [0.3, 0.4) is 0 Å². The number of anilines is 3. The molecule has 0 bridgehead atoms. The Morgan fingerprint density at radius 2 is 0.776 bits per heavy atom. The largest absolute Gasteiger partial charge is 0.309 e. The van der Waals surface area contributed by atoms with E-state index in [1.54, 1.807) is 0 Å². The van der Waals surface area contributed by atoms with E-state index < -0.39 is 0 Å². The van der Waals surface area contributed by atoms with E-state index in [2.05, 4.69) is 193 Å². The topological polar surface area (TPSA) is 3.24 Å². The van der Waals surface area contributed by atoms with Crippen LogP contribution in [0, 0.1) is 0 Å². The molecule has 10 rings (SSSR count). The Hall–Kier alpha value is -6.44. The van der Waals surface area contributed by atoms with Gasteiger partial charge >= 0.3 is 0 Å². The normalized spacial score (nSPS) is 11.7. The average molecular weight is 622 g/mol. The van der Waals surface area contributed by atoms with Crippen molar-refractivity contribution >= 4 is 49.4 Å². The summed E-state index contributed by atoms with van der Waals surface area (Å²) >= 11 is 0. The van der Waals surface area contributed by atoms with Gasteiger partial charge in [-0.15, -0.1) is 0 Å². The number of hydrogen-bond donors (Lipinski definition) is 0. The van der Waals surface area contributed by atoms with Crippen molar-refractivity contribution in [1.82, 2.24) is 0 Å². The Labute approximate surface area is 286 Å². The Kier molecular flexibility index (Phi) is 6.25. The molecule has 0 fully saturated rings. The molecule has 0 N–H and O–H groups in total.